The van der Waals surface area contributed by atoms with Crippen LogP contribution in [0, 0.1) is 10.1 Å². The number of aromatic amines is 2. The van der Waals surface area contributed by atoms with Gasteiger partial charge in [-0.1, -0.05) is 11.6 Å². The lowest BCUT2D eigenvalue weighted by Gasteiger charge is -2.09. The molecule has 0 bridgehead atoms. The van der Waals surface area contributed by atoms with Gasteiger partial charge in [-0.3, -0.25) is 19.7 Å². The standard InChI is InChI=1S/C17H13ClN6O5/c1-8(25)15(23-22-12-4-2-9(18)6-14(12)24(28)29)16(26)19-10-3-5-11-13(7-10)21-17(27)20-11/h2-7,15H,1H3,(H,19,26)(H2,20,21,27)/t15-/m0/s1. The van der Waals surface area contributed by atoms with Gasteiger partial charge in [0.15, 0.2) is 11.5 Å². The fourth-order valence-corrected chi connectivity index (χ4v) is 2.65. The number of imidazole rings is 1. The van der Waals surface area contributed by atoms with Crippen LogP contribution in [0.5, 0.6) is 0 Å². The number of hydrogen-bond acceptors (Lipinski definition) is 7. The highest BCUT2D eigenvalue weighted by molar-refractivity contribution is 6.30. The van der Waals surface area contributed by atoms with Crippen molar-refractivity contribution in [3.05, 3.63) is 62.0 Å². The Morgan fingerprint density at radius 2 is 1.90 bits per heavy atom. The van der Waals surface area contributed by atoms with E-state index in [-0.39, 0.29) is 10.7 Å². The van der Waals surface area contributed by atoms with Crippen molar-refractivity contribution in [1.29, 1.82) is 0 Å². The molecular weight excluding hydrogens is 404 g/mol. The zero-order valence-electron chi connectivity index (χ0n) is 14.8. The average molecular weight is 417 g/mol. The van der Waals surface area contributed by atoms with E-state index in [0.29, 0.717) is 16.7 Å². The maximum absolute atomic E-state index is 12.5. The number of carbonyl (C=O) groups excluding carboxylic acids is 2. The Morgan fingerprint density at radius 3 is 2.59 bits per heavy atom. The number of halogens is 1. The number of azo groups is 1. The van der Waals surface area contributed by atoms with Crippen LogP contribution in [0.25, 0.3) is 11.0 Å². The summed E-state index contributed by atoms with van der Waals surface area (Å²) in [5, 5.41) is 21.1. The number of amides is 1. The van der Waals surface area contributed by atoms with Crippen molar-refractivity contribution in [3.63, 3.8) is 0 Å². The van der Waals surface area contributed by atoms with E-state index in [1.165, 1.54) is 24.3 Å². The van der Waals surface area contributed by atoms with E-state index >= 15 is 0 Å². The maximum atomic E-state index is 12.5. The third kappa shape index (κ3) is 4.52. The van der Waals surface area contributed by atoms with Gasteiger partial charge in [0.1, 0.15) is 0 Å². The van der Waals surface area contributed by atoms with Gasteiger partial charge in [-0.25, -0.2) is 4.79 Å². The SMILES string of the molecule is CC(=O)[C@H](N=Nc1ccc(Cl)cc1[N+](=O)[O-])C(=O)Nc1ccc2[nH]c(=O)[nH]c2c1. The van der Waals surface area contributed by atoms with Crippen LogP contribution in [0.2, 0.25) is 5.02 Å². The van der Waals surface area contributed by atoms with Crippen molar-refractivity contribution in [2.45, 2.75) is 13.0 Å². The number of fused-ring (bicyclic) bond motifs is 1. The molecule has 12 heteroatoms. The maximum Gasteiger partial charge on any atom is 0.323 e. The van der Waals surface area contributed by atoms with E-state index in [0.717, 1.165) is 13.0 Å². The fourth-order valence-electron chi connectivity index (χ4n) is 2.49. The molecular formula is C17H13ClN6O5. The normalized spacial score (nSPS) is 12.2. The number of nitrogens with zero attached hydrogens (tertiary/aromatic N) is 3. The number of hydrogen-bond donors (Lipinski definition) is 3. The summed E-state index contributed by atoms with van der Waals surface area (Å²) >= 11 is 5.74. The number of anilines is 1. The van der Waals surface area contributed by atoms with Crippen LogP contribution in [-0.2, 0) is 9.59 Å². The Hall–Kier alpha value is -3.86. The van der Waals surface area contributed by atoms with Gasteiger partial charge in [-0.05, 0) is 37.3 Å². The zero-order valence-corrected chi connectivity index (χ0v) is 15.6. The van der Waals surface area contributed by atoms with Gasteiger partial charge in [0.05, 0.1) is 16.0 Å². The van der Waals surface area contributed by atoms with Crippen LogP contribution in [-0.4, -0.2) is 32.6 Å². The fraction of sp³-hybridized carbons (Fsp3) is 0.118. The molecule has 3 N–H and O–H groups in total. The molecule has 0 spiro atoms. The topological polar surface area (TPSA) is 163 Å². The highest BCUT2D eigenvalue weighted by Gasteiger charge is 2.24. The molecule has 0 saturated heterocycles. The minimum absolute atomic E-state index is 0.134. The molecule has 2 aromatic carbocycles. The number of benzene rings is 2. The molecule has 0 aliphatic rings. The number of H-pyrrole nitrogens is 2. The lowest BCUT2D eigenvalue weighted by atomic mass is 10.2. The minimum atomic E-state index is -1.52. The summed E-state index contributed by atoms with van der Waals surface area (Å²) in [6.45, 7) is 1.15. The van der Waals surface area contributed by atoms with E-state index in [1.54, 1.807) is 6.07 Å². The summed E-state index contributed by atoms with van der Waals surface area (Å²) in [7, 11) is 0. The van der Waals surface area contributed by atoms with Gasteiger partial charge < -0.3 is 15.3 Å². The lowest BCUT2D eigenvalue weighted by Crippen LogP contribution is -2.31. The molecule has 11 nitrogen and oxygen atoms in total. The van der Waals surface area contributed by atoms with Gasteiger partial charge in [0.2, 0.25) is 6.04 Å². The van der Waals surface area contributed by atoms with Gasteiger partial charge in [0, 0.05) is 16.8 Å². The third-order valence-electron chi connectivity index (χ3n) is 3.83. The Labute approximate surface area is 166 Å². The van der Waals surface area contributed by atoms with Crippen molar-refractivity contribution in [2.75, 3.05) is 5.32 Å². The van der Waals surface area contributed by atoms with E-state index in [9.17, 15) is 24.5 Å². The molecule has 1 aromatic heterocycles. The van der Waals surface area contributed by atoms with Crippen LogP contribution in [0.1, 0.15) is 6.92 Å². The monoisotopic (exact) mass is 416 g/mol. The van der Waals surface area contributed by atoms with Gasteiger partial charge in [-0.15, -0.1) is 5.11 Å². The predicted octanol–water partition coefficient (Wildman–Crippen LogP) is 3.10. The van der Waals surface area contributed by atoms with Crippen molar-refractivity contribution in [3.8, 4) is 0 Å². The molecule has 0 unspecified atom stereocenters. The first kappa shape index (κ1) is 19.9. The molecule has 0 aliphatic heterocycles. The third-order valence-corrected chi connectivity index (χ3v) is 4.07. The molecule has 0 radical (unpaired) electrons. The first-order valence-corrected chi connectivity index (χ1v) is 8.50. The van der Waals surface area contributed by atoms with E-state index in [4.69, 9.17) is 11.6 Å². The van der Waals surface area contributed by atoms with Crippen molar-refractivity contribution in [2.24, 2.45) is 10.2 Å². The predicted molar refractivity (Wildman–Crippen MR) is 105 cm³/mol. The quantitative estimate of drug-likeness (QED) is 0.243. The number of nitro groups is 1. The van der Waals surface area contributed by atoms with Crippen LogP contribution in [0.15, 0.2) is 51.4 Å². The second kappa shape index (κ2) is 8.02. The summed E-state index contributed by atoms with van der Waals surface area (Å²) in [6.07, 6.45) is 0. The van der Waals surface area contributed by atoms with E-state index < -0.39 is 34.0 Å². The zero-order chi connectivity index (χ0) is 21.1. The van der Waals surface area contributed by atoms with Crippen LogP contribution in [0.3, 0.4) is 0 Å². The second-order valence-electron chi connectivity index (χ2n) is 5.95. The first-order valence-electron chi connectivity index (χ1n) is 8.13. The van der Waals surface area contributed by atoms with Crippen LogP contribution < -0.4 is 11.0 Å². The summed E-state index contributed by atoms with van der Waals surface area (Å²) < 4.78 is 0. The molecule has 0 aliphatic carbocycles. The van der Waals surface area contributed by atoms with Crippen LogP contribution in [0.4, 0.5) is 17.1 Å². The smallest absolute Gasteiger partial charge is 0.323 e. The molecule has 0 fully saturated rings. The van der Waals surface area contributed by atoms with Crippen LogP contribution >= 0.6 is 11.6 Å². The summed E-state index contributed by atoms with van der Waals surface area (Å²) in [4.78, 5) is 51.2. The minimum Gasteiger partial charge on any atom is -0.324 e. The van der Waals surface area contributed by atoms with E-state index in [1.807, 2.05) is 0 Å². The van der Waals surface area contributed by atoms with E-state index in [2.05, 4.69) is 25.5 Å². The molecule has 1 atom stereocenters. The molecule has 3 rings (SSSR count). The number of Topliss-reactive ketones (excluding diaryl/α,β-unsaturated/α-hetero) is 1. The van der Waals surface area contributed by atoms with Gasteiger partial charge >= 0.3 is 5.69 Å². The second-order valence-corrected chi connectivity index (χ2v) is 6.38. The molecule has 29 heavy (non-hydrogen) atoms. The number of nitro benzene ring substituents is 1. The largest absolute Gasteiger partial charge is 0.324 e. The van der Waals surface area contributed by atoms with Crippen molar-refractivity contribution < 1.29 is 14.5 Å². The first-order chi connectivity index (χ1) is 13.7. The molecule has 1 heterocycles. The summed E-state index contributed by atoms with van der Waals surface area (Å²) in [5.41, 5.74) is 0.368. The number of rotatable bonds is 6. The van der Waals surface area contributed by atoms with Crippen molar-refractivity contribution >= 4 is 51.4 Å². The Balaban J connectivity index is 1.84. The Kier molecular flexibility index (Phi) is 5.50. The summed E-state index contributed by atoms with van der Waals surface area (Å²) in [6, 6.07) is 6.81. The average Bonchev–Trinajstić information content (AvgIpc) is 3.01. The van der Waals surface area contributed by atoms with Crippen molar-refractivity contribution in [1.82, 2.24) is 9.97 Å². The highest BCUT2D eigenvalue weighted by Crippen LogP contribution is 2.30. The lowest BCUT2D eigenvalue weighted by molar-refractivity contribution is -0.384. The summed E-state index contributed by atoms with van der Waals surface area (Å²) in [5.74, 6) is -1.39. The number of carbonyl (C=O) groups is 2. The Morgan fingerprint density at radius 1 is 1.17 bits per heavy atom. The van der Waals surface area contributed by atoms with Gasteiger partial charge in [-0.2, -0.15) is 5.11 Å². The molecule has 0 saturated carbocycles. The highest BCUT2D eigenvalue weighted by atomic mass is 35.5. The number of aromatic nitrogens is 2. The number of ketones is 1. The van der Waals surface area contributed by atoms with Gasteiger partial charge in [0.25, 0.3) is 11.6 Å². The molecule has 3 aromatic rings. The Bertz CT molecular complexity index is 1210. The molecule has 148 valence electrons. The number of nitrogens with one attached hydrogen (secondary N) is 3. The molecule has 1 amide bonds.